The molecule has 1 heterocycles. The molecular weight excluding hydrogens is 256 g/mol. The summed E-state index contributed by atoms with van der Waals surface area (Å²) in [6, 6.07) is 7.73. The summed E-state index contributed by atoms with van der Waals surface area (Å²) in [5.41, 5.74) is 0. The van der Waals surface area contributed by atoms with E-state index in [-0.39, 0.29) is 5.25 Å². The molecule has 17 heavy (non-hydrogen) atoms. The Morgan fingerprint density at radius 3 is 2.65 bits per heavy atom. The van der Waals surface area contributed by atoms with Crippen molar-refractivity contribution >= 4 is 23.4 Å². The first kappa shape index (κ1) is 12.5. The van der Waals surface area contributed by atoms with Crippen LogP contribution in [0.25, 0.3) is 0 Å². The molecular formula is C12H13ClN2OS. The zero-order valence-corrected chi connectivity index (χ0v) is 11.3. The van der Waals surface area contributed by atoms with E-state index in [4.69, 9.17) is 16.1 Å². The Bertz CT molecular complexity index is 484. The highest BCUT2D eigenvalue weighted by atomic mass is 35.5. The minimum atomic E-state index is 0.143. The van der Waals surface area contributed by atoms with Crippen molar-refractivity contribution in [3.05, 3.63) is 41.0 Å². The molecule has 90 valence electrons. The van der Waals surface area contributed by atoms with E-state index in [1.807, 2.05) is 38.1 Å². The number of rotatable bonds is 4. The Morgan fingerprint density at radius 2 is 2.06 bits per heavy atom. The Morgan fingerprint density at radius 1 is 1.35 bits per heavy atom. The van der Waals surface area contributed by atoms with Crippen molar-refractivity contribution in [3.63, 3.8) is 0 Å². The topological polar surface area (TPSA) is 38.9 Å². The highest BCUT2D eigenvalue weighted by Gasteiger charge is 2.14. The van der Waals surface area contributed by atoms with Gasteiger partial charge < -0.3 is 4.52 Å². The van der Waals surface area contributed by atoms with Crippen LogP contribution < -0.4 is 0 Å². The molecule has 0 saturated heterocycles. The third-order valence-corrected chi connectivity index (χ3v) is 3.63. The third kappa shape index (κ3) is 3.23. The van der Waals surface area contributed by atoms with Crippen LogP contribution in [0.15, 0.2) is 33.7 Å². The molecule has 0 aliphatic carbocycles. The molecule has 1 atom stereocenters. The first-order chi connectivity index (χ1) is 8.19. The average molecular weight is 269 g/mol. The number of hydrogen-bond donors (Lipinski definition) is 0. The van der Waals surface area contributed by atoms with Crippen molar-refractivity contribution in [1.29, 1.82) is 0 Å². The molecule has 0 aliphatic rings. The predicted molar refractivity (Wildman–Crippen MR) is 69.4 cm³/mol. The minimum Gasteiger partial charge on any atom is -0.338 e. The maximum atomic E-state index is 5.84. The van der Waals surface area contributed by atoms with Crippen molar-refractivity contribution in [3.8, 4) is 0 Å². The maximum absolute atomic E-state index is 5.84. The van der Waals surface area contributed by atoms with E-state index in [0.29, 0.717) is 5.89 Å². The van der Waals surface area contributed by atoms with Crippen LogP contribution in [0.1, 0.15) is 30.8 Å². The monoisotopic (exact) mass is 268 g/mol. The van der Waals surface area contributed by atoms with Crippen molar-refractivity contribution < 1.29 is 4.52 Å². The lowest BCUT2D eigenvalue weighted by atomic mass is 10.4. The van der Waals surface area contributed by atoms with E-state index >= 15 is 0 Å². The highest BCUT2D eigenvalue weighted by Crippen LogP contribution is 2.34. The fourth-order valence-corrected chi connectivity index (χ4v) is 2.37. The second kappa shape index (κ2) is 5.56. The normalized spacial score (nSPS) is 12.6. The molecule has 0 spiro atoms. The molecule has 1 aromatic carbocycles. The van der Waals surface area contributed by atoms with Crippen molar-refractivity contribution in [2.75, 3.05) is 0 Å². The average Bonchev–Trinajstić information content (AvgIpc) is 2.81. The Kier molecular flexibility index (Phi) is 4.07. The summed E-state index contributed by atoms with van der Waals surface area (Å²) in [5, 5.41) is 4.78. The largest absolute Gasteiger partial charge is 0.338 e. The third-order valence-electron chi connectivity index (χ3n) is 2.27. The molecule has 3 nitrogen and oxygen atoms in total. The van der Waals surface area contributed by atoms with Gasteiger partial charge in [0.25, 0.3) is 0 Å². The van der Waals surface area contributed by atoms with Crippen LogP contribution in [0.3, 0.4) is 0 Å². The smallest absolute Gasteiger partial charge is 0.239 e. The van der Waals surface area contributed by atoms with Gasteiger partial charge >= 0.3 is 0 Å². The molecule has 2 aromatic rings. The Hall–Kier alpha value is -1.00. The van der Waals surface area contributed by atoms with Gasteiger partial charge in [-0.05, 0) is 31.2 Å². The maximum Gasteiger partial charge on any atom is 0.239 e. The number of nitrogens with zero attached hydrogens (tertiary/aromatic N) is 2. The van der Waals surface area contributed by atoms with Gasteiger partial charge in [-0.3, -0.25) is 0 Å². The number of aromatic nitrogens is 2. The number of hydrogen-bond acceptors (Lipinski definition) is 4. The summed E-state index contributed by atoms with van der Waals surface area (Å²) in [6.07, 6.45) is 0.793. The standard InChI is InChI=1S/C12H13ClN2OS/c1-3-11-14-12(16-15-11)8(2)17-10-6-4-9(13)5-7-10/h4-8H,3H2,1-2H3. The summed E-state index contributed by atoms with van der Waals surface area (Å²) >= 11 is 7.51. The summed E-state index contributed by atoms with van der Waals surface area (Å²) in [5.74, 6) is 1.42. The highest BCUT2D eigenvalue weighted by molar-refractivity contribution is 7.99. The van der Waals surface area contributed by atoms with E-state index in [1.54, 1.807) is 11.8 Å². The van der Waals surface area contributed by atoms with E-state index in [9.17, 15) is 0 Å². The number of halogens is 1. The molecule has 1 aromatic heterocycles. The van der Waals surface area contributed by atoms with Crippen LogP contribution in [0.4, 0.5) is 0 Å². The van der Waals surface area contributed by atoms with Crippen LogP contribution in [-0.4, -0.2) is 10.1 Å². The number of aryl methyl sites for hydroxylation is 1. The van der Waals surface area contributed by atoms with Gasteiger partial charge in [0.1, 0.15) is 0 Å². The van der Waals surface area contributed by atoms with E-state index in [0.717, 1.165) is 22.2 Å². The zero-order chi connectivity index (χ0) is 12.3. The molecule has 2 rings (SSSR count). The molecule has 0 amide bonds. The molecule has 1 unspecified atom stereocenters. The lowest BCUT2D eigenvalue weighted by Crippen LogP contribution is -1.89. The molecule has 0 N–H and O–H groups in total. The van der Waals surface area contributed by atoms with E-state index in [2.05, 4.69) is 10.1 Å². The fraction of sp³-hybridized carbons (Fsp3) is 0.333. The second-order valence-electron chi connectivity index (χ2n) is 3.62. The van der Waals surface area contributed by atoms with Gasteiger partial charge in [0.2, 0.25) is 5.89 Å². The van der Waals surface area contributed by atoms with Gasteiger partial charge in [0.15, 0.2) is 5.82 Å². The molecule has 0 radical (unpaired) electrons. The van der Waals surface area contributed by atoms with Gasteiger partial charge in [-0.15, -0.1) is 11.8 Å². The number of thioether (sulfide) groups is 1. The summed E-state index contributed by atoms with van der Waals surface area (Å²) in [4.78, 5) is 5.45. The fourth-order valence-electron chi connectivity index (χ4n) is 1.34. The summed E-state index contributed by atoms with van der Waals surface area (Å²) in [7, 11) is 0. The molecule has 5 heteroatoms. The van der Waals surface area contributed by atoms with Crippen LogP contribution in [0, 0.1) is 0 Å². The molecule has 0 aliphatic heterocycles. The molecule has 0 bridgehead atoms. The second-order valence-corrected chi connectivity index (χ2v) is 5.47. The van der Waals surface area contributed by atoms with Gasteiger partial charge in [0, 0.05) is 16.3 Å². The Balaban J connectivity index is 2.05. The van der Waals surface area contributed by atoms with Crippen LogP contribution >= 0.6 is 23.4 Å². The van der Waals surface area contributed by atoms with Crippen molar-refractivity contribution in [1.82, 2.24) is 10.1 Å². The van der Waals surface area contributed by atoms with Gasteiger partial charge in [-0.2, -0.15) is 4.98 Å². The minimum absolute atomic E-state index is 0.143. The first-order valence-electron chi connectivity index (χ1n) is 5.43. The van der Waals surface area contributed by atoms with Crippen molar-refractivity contribution in [2.45, 2.75) is 30.4 Å². The Labute approximate surface area is 110 Å². The van der Waals surface area contributed by atoms with Crippen LogP contribution in [-0.2, 0) is 6.42 Å². The lowest BCUT2D eigenvalue weighted by Gasteiger charge is -2.05. The van der Waals surface area contributed by atoms with Crippen LogP contribution in [0.2, 0.25) is 5.02 Å². The summed E-state index contributed by atoms with van der Waals surface area (Å²) < 4.78 is 5.21. The van der Waals surface area contributed by atoms with Gasteiger partial charge in [-0.25, -0.2) is 0 Å². The quantitative estimate of drug-likeness (QED) is 0.781. The lowest BCUT2D eigenvalue weighted by molar-refractivity contribution is 0.375. The number of benzene rings is 1. The van der Waals surface area contributed by atoms with Gasteiger partial charge in [0.05, 0.1) is 5.25 Å². The summed E-state index contributed by atoms with van der Waals surface area (Å²) in [6.45, 7) is 4.05. The molecule has 0 saturated carbocycles. The van der Waals surface area contributed by atoms with E-state index < -0.39 is 0 Å². The zero-order valence-electron chi connectivity index (χ0n) is 9.68. The SMILES string of the molecule is CCc1noc(C(C)Sc2ccc(Cl)cc2)n1. The van der Waals surface area contributed by atoms with Gasteiger partial charge in [-0.1, -0.05) is 23.7 Å². The first-order valence-corrected chi connectivity index (χ1v) is 6.69. The van der Waals surface area contributed by atoms with Crippen molar-refractivity contribution in [2.24, 2.45) is 0 Å². The van der Waals surface area contributed by atoms with Crippen LogP contribution in [0.5, 0.6) is 0 Å². The van der Waals surface area contributed by atoms with E-state index in [1.165, 1.54) is 0 Å². The predicted octanol–water partition coefficient (Wildman–Crippen LogP) is 4.14. The molecule has 0 fully saturated rings.